The number of aryl methyl sites for hydroxylation is 2. The van der Waals surface area contributed by atoms with Crippen LogP contribution in [0.5, 0.6) is 5.75 Å². The lowest BCUT2D eigenvalue weighted by molar-refractivity contribution is 0.414. The van der Waals surface area contributed by atoms with Gasteiger partial charge in [-0.15, -0.1) is 11.3 Å². The van der Waals surface area contributed by atoms with Crippen LogP contribution in [0.25, 0.3) is 22.4 Å². The summed E-state index contributed by atoms with van der Waals surface area (Å²) in [5.41, 5.74) is 2.10. The predicted octanol–water partition coefficient (Wildman–Crippen LogP) is 4.80. The molecule has 0 amide bonds. The zero-order chi connectivity index (χ0) is 17.4. The van der Waals surface area contributed by atoms with Crippen molar-refractivity contribution in [1.29, 1.82) is 0 Å². The van der Waals surface area contributed by atoms with Crippen LogP contribution in [0, 0.1) is 0 Å². The molecule has 0 aliphatic heterocycles. The molecule has 128 valence electrons. The molecule has 1 aliphatic rings. The summed E-state index contributed by atoms with van der Waals surface area (Å²) in [5.74, 6) is 1.34. The minimum absolute atomic E-state index is 0.0368. The highest BCUT2D eigenvalue weighted by Crippen LogP contribution is 2.33. The highest BCUT2D eigenvalue weighted by Gasteiger charge is 2.19. The number of methoxy groups -OCH3 is 1. The average Bonchev–Trinajstić information content (AvgIpc) is 2.99. The van der Waals surface area contributed by atoms with Crippen molar-refractivity contribution >= 4 is 49.6 Å². The first-order chi connectivity index (χ1) is 12.2. The highest BCUT2D eigenvalue weighted by molar-refractivity contribution is 9.10. The number of nitrogens with zero attached hydrogens (tertiary/aromatic N) is 1. The van der Waals surface area contributed by atoms with Crippen molar-refractivity contribution in [3.05, 3.63) is 54.9 Å². The van der Waals surface area contributed by atoms with Crippen molar-refractivity contribution in [2.45, 2.75) is 25.7 Å². The maximum absolute atomic E-state index is 12.6. The Hall–Kier alpha value is -1.92. The van der Waals surface area contributed by atoms with Gasteiger partial charge in [0.1, 0.15) is 16.4 Å². The first kappa shape index (κ1) is 16.5. The molecule has 1 aromatic carbocycles. The van der Waals surface area contributed by atoms with Crippen LogP contribution in [0.1, 0.15) is 34.7 Å². The third-order valence-corrected chi connectivity index (χ3v) is 6.13. The number of ether oxygens (including phenoxy) is 1. The van der Waals surface area contributed by atoms with Gasteiger partial charge in [-0.1, -0.05) is 15.9 Å². The van der Waals surface area contributed by atoms with E-state index in [1.807, 2.05) is 30.4 Å². The number of hydrogen-bond donors (Lipinski definition) is 1. The number of fused-ring (bicyclic) bond motifs is 3. The number of aromatic nitrogens is 2. The van der Waals surface area contributed by atoms with Crippen LogP contribution in [-0.2, 0) is 12.8 Å². The fourth-order valence-corrected chi connectivity index (χ4v) is 4.91. The lowest BCUT2D eigenvalue weighted by atomic mass is 9.97. The number of H-pyrrole nitrogens is 1. The van der Waals surface area contributed by atoms with Gasteiger partial charge in [0.2, 0.25) is 0 Å². The van der Waals surface area contributed by atoms with Gasteiger partial charge in [0.15, 0.2) is 0 Å². The second-order valence-electron chi connectivity index (χ2n) is 6.06. The van der Waals surface area contributed by atoms with Crippen LogP contribution in [0.2, 0.25) is 0 Å². The van der Waals surface area contributed by atoms with Crippen LogP contribution in [0.15, 0.2) is 27.5 Å². The Labute approximate surface area is 157 Å². The van der Waals surface area contributed by atoms with Crippen molar-refractivity contribution in [2.24, 2.45) is 0 Å². The lowest BCUT2D eigenvalue weighted by Gasteiger charge is -2.09. The van der Waals surface area contributed by atoms with E-state index < -0.39 is 0 Å². The Bertz CT molecular complexity index is 1040. The molecule has 0 saturated carbocycles. The maximum Gasteiger partial charge on any atom is 0.260 e. The number of hydrogen-bond acceptors (Lipinski definition) is 4. The zero-order valence-corrected chi connectivity index (χ0v) is 16.2. The minimum atomic E-state index is -0.0368. The van der Waals surface area contributed by atoms with Crippen LogP contribution >= 0.6 is 27.3 Å². The maximum atomic E-state index is 12.6. The van der Waals surface area contributed by atoms with E-state index in [9.17, 15) is 4.79 Å². The number of benzene rings is 1. The summed E-state index contributed by atoms with van der Waals surface area (Å²) in [6.07, 6.45) is 8.14. The van der Waals surface area contributed by atoms with E-state index in [2.05, 4.69) is 25.9 Å². The summed E-state index contributed by atoms with van der Waals surface area (Å²) in [6.45, 7) is 0. The molecule has 2 heterocycles. The van der Waals surface area contributed by atoms with E-state index in [1.165, 1.54) is 16.9 Å². The molecule has 25 heavy (non-hydrogen) atoms. The molecular formula is C19H17BrN2O2S. The van der Waals surface area contributed by atoms with Gasteiger partial charge in [-0.25, -0.2) is 4.98 Å². The van der Waals surface area contributed by atoms with E-state index in [0.29, 0.717) is 5.82 Å². The largest absolute Gasteiger partial charge is 0.496 e. The minimum Gasteiger partial charge on any atom is -0.496 e. The molecule has 0 radical (unpaired) electrons. The Morgan fingerprint density at radius 1 is 1.28 bits per heavy atom. The zero-order valence-electron chi connectivity index (χ0n) is 13.8. The van der Waals surface area contributed by atoms with Gasteiger partial charge >= 0.3 is 0 Å². The summed E-state index contributed by atoms with van der Waals surface area (Å²) in [4.78, 5) is 22.3. The van der Waals surface area contributed by atoms with Crippen LogP contribution in [-0.4, -0.2) is 17.1 Å². The fraction of sp³-hybridized carbons (Fsp3) is 0.263. The van der Waals surface area contributed by atoms with Crippen LogP contribution in [0.3, 0.4) is 0 Å². The number of thiophene rings is 1. The molecular weight excluding hydrogens is 400 g/mol. The molecule has 1 aliphatic carbocycles. The summed E-state index contributed by atoms with van der Waals surface area (Å²) >= 11 is 5.13. The van der Waals surface area contributed by atoms with Crippen LogP contribution < -0.4 is 10.3 Å². The normalized spacial score (nSPS) is 14.2. The van der Waals surface area contributed by atoms with E-state index in [4.69, 9.17) is 4.74 Å². The Morgan fingerprint density at radius 2 is 2.12 bits per heavy atom. The van der Waals surface area contributed by atoms with E-state index in [1.54, 1.807) is 18.4 Å². The van der Waals surface area contributed by atoms with Crippen molar-refractivity contribution in [1.82, 2.24) is 9.97 Å². The average molecular weight is 417 g/mol. The van der Waals surface area contributed by atoms with E-state index in [-0.39, 0.29) is 5.56 Å². The SMILES string of the molecule is COc1ccc(Br)cc1/C=C/c1nc2sc3c(c2c(=O)[nH]1)CCCC3. The van der Waals surface area contributed by atoms with Crippen molar-refractivity contribution in [3.63, 3.8) is 0 Å². The summed E-state index contributed by atoms with van der Waals surface area (Å²) < 4.78 is 6.34. The monoisotopic (exact) mass is 416 g/mol. The topological polar surface area (TPSA) is 55.0 Å². The second-order valence-corrected chi connectivity index (χ2v) is 8.06. The van der Waals surface area contributed by atoms with Gasteiger partial charge in [0.25, 0.3) is 5.56 Å². The number of rotatable bonds is 3. The van der Waals surface area contributed by atoms with E-state index >= 15 is 0 Å². The summed E-state index contributed by atoms with van der Waals surface area (Å²) in [5, 5.41) is 0.789. The van der Waals surface area contributed by atoms with Gasteiger partial charge in [0.05, 0.1) is 12.5 Å². The van der Waals surface area contributed by atoms with Gasteiger partial charge in [-0.2, -0.15) is 0 Å². The Balaban J connectivity index is 1.75. The second kappa shape index (κ2) is 6.77. The molecule has 2 aromatic heterocycles. The van der Waals surface area contributed by atoms with Crippen molar-refractivity contribution in [3.8, 4) is 5.75 Å². The standard InChI is InChI=1S/C19H17BrN2O2S/c1-24-14-8-7-12(20)10-11(14)6-9-16-21-18(23)17-13-4-2-3-5-15(13)25-19(17)22-16/h6-10H,2-5H2,1H3,(H,21,22,23)/b9-6+. The van der Waals surface area contributed by atoms with Gasteiger partial charge in [-0.05, 0) is 61.6 Å². The van der Waals surface area contributed by atoms with Gasteiger partial charge in [0, 0.05) is 14.9 Å². The molecule has 0 fully saturated rings. The van der Waals surface area contributed by atoms with Crippen LogP contribution in [0.4, 0.5) is 0 Å². The van der Waals surface area contributed by atoms with Gasteiger partial charge < -0.3 is 9.72 Å². The predicted molar refractivity (Wildman–Crippen MR) is 107 cm³/mol. The number of nitrogens with one attached hydrogen (secondary N) is 1. The molecule has 4 rings (SSSR count). The number of halogens is 1. The first-order valence-corrected chi connectivity index (χ1v) is 9.83. The molecule has 3 aromatic rings. The Kier molecular flexibility index (Phi) is 4.48. The summed E-state index contributed by atoms with van der Waals surface area (Å²) in [7, 11) is 1.64. The first-order valence-electron chi connectivity index (χ1n) is 8.22. The highest BCUT2D eigenvalue weighted by atomic mass is 79.9. The van der Waals surface area contributed by atoms with E-state index in [0.717, 1.165) is 45.3 Å². The molecule has 6 heteroatoms. The molecule has 0 atom stereocenters. The molecule has 1 N–H and O–H groups in total. The molecule has 0 bridgehead atoms. The van der Waals surface area contributed by atoms with Crippen molar-refractivity contribution < 1.29 is 4.74 Å². The molecule has 0 unspecified atom stereocenters. The van der Waals surface area contributed by atoms with Gasteiger partial charge in [-0.3, -0.25) is 4.79 Å². The smallest absolute Gasteiger partial charge is 0.260 e. The van der Waals surface area contributed by atoms with Crippen molar-refractivity contribution in [2.75, 3.05) is 7.11 Å². The third-order valence-electron chi connectivity index (χ3n) is 4.46. The Morgan fingerprint density at radius 3 is 2.96 bits per heavy atom. The quantitative estimate of drug-likeness (QED) is 0.666. The third kappa shape index (κ3) is 3.16. The summed E-state index contributed by atoms with van der Waals surface area (Å²) in [6, 6.07) is 5.80. The molecule has 0 saturated heterocycles. The lowest BCUT2D eigenvalue weighted by Crippen LogP contribution is -2.11. The fourth-order valence-electron chi connectivity index (χ4n) is 3.26. The number of aromatic amines is 1. The molecule has 4 nitrogen and oxygen atoms in total. The molecule has 0 spiro atoms.